The first kappa shape index (κ1) is 14.5. The molecule has 0 aliphatic carbocycles. The van der Waals surface area contributed by atoms with E-state index in [1.165, 1.54) is 6.08 Å². The highest BCUT2D eigenvalue weighted by molar-refractivity contribution is 6.03. The van der Waals surface area contributed by atoms with Crippen LogP contribution >= 0.6 is 0 Å². The molecular weight excluding hydrogens is 250 g/mol. The molecule has 1 aromatic rings. The summed E-state index contributed by atoms with van der Waals surface area (Å²) in [6.07, 6.45) is 4.53. The Bertz CT molecular complexity index is 473. The minimum absolute atomic E-state index is 0.392. The van der Waals surface area contributed by atoms with Crippen molar-refractivity contribution in [3.8, 4) is 0 Å². The van der Waals surface area contributed by atoms with Gasteiger partial charge in [0.25, 0.3) is 5.91 Å². The van der Waals surface area contributed by atoms with Gasteiger partial charge in [-0.1, -0.05) is 6.07 Å². The molecule has 0 saturated carbocycles. The SMILES string of the molecule is O=CCN(C(=O)C=Cc1ccccn1)C(=O)NCO. The Kier molecular flexibility index (Phi) is 5.90. The number of imide groups is 1. The lowest BCUT2D eigenvalue weighted by molar-refractivity contribution is -0.125. The summed E-state index contributed by atoms with van der Waals surface area (Å²) in [6.45, 7) is -1.01. The Morgan fingerprint density at radius 3 is 2.79 bits per heavy atom. The average molecular weight is 263 g/mol. The van der Waals surface area contributed by atoms with Crippen LogP contribution < -0.4 is 5.32 Å². The molecule has 3 amide bonds. The van der Waals surface area contributed by atoms with Gasteiger partial charge in [0.05, 0.1) is 12.2 Å². The minimum Gasteiger partial charge on any atom is -0.376 e. The number of aliphatic hydroxyl groups is 1. The van der Waals surface area contributed by atoms with E-state index in [2.05, 4.69) is 4.98 Å². The van der Waals surface area contributed by atoms with Crippen LogP contribution in [0.4, 0.5) is 4.79 Å². The standard InChI is InChI=1S/C12H13N3O4/c16-8-7-15(12(19)14-9-17)11(18)5-4-10-3-1-2-6-13-10/h1-6,8,17H,7,9H2,(H,14,19). The molecule has 0 aromatic carbocycles. The number of nitrogens with zero attached hydrogens (tertiary/aromatic N) is 2. The summed E-state index contributed by atoms with van der Waals surface area (Å²) in [5.41, 5.74) is 0.546. The van der Waals surface area contributed by atoms with Gasteiger partial charge in [-0.2, -0.15) is 0 Å². The first-order valence-electron chi connectivity index (χ1n) is 5.42. The molecule has 0 saturated heterocycles. The number of carbonyl (C=O) groups is 3. The van der Waals surface area contributed by atoms with Crippen LogP contribution in [0.2, 0.25) is 0 Å². The predicted octanol–water partition coefficient (Wildman–Crippen LogP) is -0.218. The summed E-state index contributed by atoms with van der Waals surface area (Å²) in [7, 11) is 0. The summed E-state index contributed by atoms with van der Waals surface area (Å²) in [4.78, 5) is 38.2. The molecule has 0 spiro atoms. The van der Waals surface area contributed by atoms with E-state index in [9.17, 15) is 14.4 Å². The molecule has 0 fully saturated rings. The number of amides is 3. The lowest BCUT2D eigenvalue weighted by Gasteiger charge is -2.15. The molecule has 1 rings (SSSR count). The second kappa shape index (κ2) is 7.72. The summed E-state index contributed by atoms with van der Waals surface area (Å²) in [5.74, 6) is -0.677. The topological polar surface area (TPSA) is 99.6 Å². The summed E-state index contributed by atoms with van der Waals surface area (Å²) < 4.78 is 0. The molecule has 1 aromatic heterocycles. The maximum absolute atomic E-state index is 11.7. The number of pyridine rings is 1. The Morgan fingerprint density at radius 1 is 1.42 bits per heavy atom. The molecule has 7 nitrogen and oxygen atoms in total. The molecule has 1 heterocycles. The Morgan fingerprint density at radius 2 is 2.21 bits per heavy atom. The van der Waals surface area contributed by atoms with Gasteiger partial charge in [-0.15, -0.1) is 0 Å². The van der Waals surface area contributed by atoms with Crippen LogP contribution in [0, 0.1) is 0 Å². The quantitative estimate of drug-likeness (QED) is 0.434. The number of aromatic nitrogens is 1. The highest BCUT2D eigenvalue weighted by atomic mass is 16.3. The number of aliphatic hydroxyl groups excluding tert-OH is 1. The zero-order chi connectivity index (χ0) is 14.1. The monoisotopic (exact) mass is 263 g/mol. The van der Waals surface area contributed by atoms with Crippen molar-refractivity contribution >= 4 is 24.3 Å². The third-order valence-electron chi connectivity index (χ3n) is 2.08. The fourth-order valence-electron chi connectivity index (χ4n) is 1.23. The van der Waals surface area contributed by atoms with Gasteiger partial charge in [-0.05, 0) is 18.2 Å². The minimum atomic E-state index is -0.842. The van der Waals surface area contributed by atoms with Crippen molar-refractivity contribution in [1.29, 1.82) is 0 Å². The van der Waals surface area contributed by atoms with E-state index >= 15 is 0 Å². The van der Waals surface area contributed by atoms with Crippen molar-refractivity contribution in [1.82, 2.24) is 15.2 Å². The number of nitrogens with one attached hydrogen (secondary N) is 1. The van der Waals surface area contributed by atoms with Crippen molar-refractivity contribution in [2.45, 2.75) is 0 Å². The van der Waals surface area contributed by atoms with E-state index in [-0.39, 0.29) is 0 Å². The zero-order valence-corrected chi connectivity index (χ0v) is 10.0. The summed E-state index contributed by atoms with van der Waals surface area (Å²) >= 11 is 0. The second-order valence-electron chi connectivity index (χ2n) is 3.34. The fourth-order valence-corrected chi connectivity index (χ4v) is 1.23. The van der Waals surface area contributed by atoms with Gasteiger partial charge in [0.15, 0.2) is 0 Å². The van der Waals surface area contributed by atoms with E-state index in [0.717, 1.165) is 6.08 Å². The molecule has 7 heteroatoms. The van der Waals surface area contributed by atoms with E-state index in [1.807, 2.05) is 5.32 Å². The average Bonchev–Trinajstić information content (AvgIpc) is 2.43. The van der Waals surface area contributed by atoms with Gasteiger partial charge in [0, 0.05) is 12.3 Å². The second-order valence-corrected chi connectivity index (χ2v) is 3.34. The zero-order valence-electron chi connectivity index (χ0n) is 10.0. The van der Waals surface area contributed by atoms with E-state index in [1.54, 1.807) is 24.4 Å². The van der Waals surface area contributed by atoms with Crippen LogP contribution in [-0.4, -0.2) is 46.5 Å². The van der Waals surface area contributed by atoms with Crippen molar-refractivity contribution < 1.29 is 19.5 Å². The lowest BCUT2D eigenvalue weighted by Crippen LogP contribution is -2.44. The van der Waals surface area contributed by atoms with Crippen LogP contribution in [-0.2, 0) is 9.59 Å². The van der Waals surface area contributed by atoms with Gasteiger partial charge in [-0.3, -0.25) is 14.7 Å². The molecule has 0 atom stereocenters. The molecule has 19 heavy (non-hydrogen) atoms. The molecule has 0 aliphatic heterocycles. The van der Waals surface area contributed by atoms with E-state index < -0.39 is 25.2 Å². The Balaban J connectivity index is 2.74. The van der Waals surface area contributed by atoms with Crippen LogP contribution in [0.1, 0.15) is 5.69 Å². The van der Waals surface area contributed by atoms with Crippen molar-refractivity contribution in [3.63, 3.8) is 0 Å². The van der Waals surface area contributed by atoms with Gasteiger partial charge < -0.3 is 15.2 Å². The van der Waals surface area contributed by atoms with E-state index in [0.29, 0.717) is 16.9 Å². The maximum Gasteiger partial charge on any atom is 0.326 e. The largest absolute Gasteiger partial charge is 0.376 e. The van der Waals surface area contributed by atoms with Gasteiger partial charge in [0.1, 0.15) is 13.0 Å². The molecule has 100 valence electrons. The third kappa shape index (κ3) is 4.68. The number of hydrogen-bond donors (Lipinski definition) is 2. The van der Waals surface area contributed by atoms with Gasteiger partial charge >= 0.3 is 6.03 Å². The van der Waals surface area contributed by atoms with Crippen molar-refractivity contribution in [2.75, 3.05) is 13.3 Å². The van der Waals surface area contributed by atoms with Crippen molar-refractivity contribution in [2.24, 2.45) is 0 Å². The number of carbonyl (C=O) groups excluding carboxylic acids is 3. The first-order chi connectivity index (χ1) is 9.19. The Hall–Kier alpha value is -2.54. The van der Waals surface area contributed by atoms with Crippen molar-refractivity contribution in [3.05, 3.63) is 36.2 Å². The van der Waals surface area contributed by atoms with Gasteiger partial charge in [0.2, 0.25) is 0 Å². The molecular formula is C12H13N3O4. The van der Waals surface area contributed by atoms with Crippen LogP contribution in [0.15, 0.2) is 30.5 Å². The number of aldehydes is 1. The highest BCUT2D eigenvalue weighted by Gasteiger charge is 2.18. The van der Waals surface area contributed by atoms with Crippen LogP contribution in [0.5, 0.6) is 0 Å². The molecule has 0 bridgehead atoms. The molecule has 0 aliphatic rings. The van der Waals surface area contributed by atoms with Gasteiger partial charge in [-0.25, -0.2) is 4.79 Å². The highest BCUT2D eigenvalue weighted by Crippen LogP contribution is 1.99. The number of rotatable bonds is 5. The predicted molar refractivity (Wildman–Crippen MR) is 66.7 cm³/mol. The normalized spacial score (nSPS) is 10.2. The number of hydrogen-bond acceptors (Lipinski definition) is 5. The Labute approximate surface area is 109 Å². The smallest absolute Gasteiger partial charge is 0.326 e. The summed E-state index contributed by atoms with van der Waals surface area (Å²) in [6, 6.07) is 4.32. The maximum atomic E-state index is 11.7. The fraction of sp³-hybridized carbons (Fsp3) is 0.167. The van der Waals surface area contributed by atoms with Crippen LogP contribution in [0.25, 0.3) is 6.08 Å². The molecule has 0 radical (unpaired) electrons. The van der Waals surface area contributed by atoms with E-state index in [4.69, 9.17) is 5.11 Å². The third-order valence-corrected chi connectivity index (χ3v) is 2.08. The van der Waals surface area contributed by atoms with Crippen LogP contribution in [0.3, 0.4) is 0 Å². The summed E-state index contributed by atoms with van der Waals surface area (Å²) in [5, 5.41) is 10.6. The lowest BCUT2D eigenvalue weighted by atomic mass is 10.3. The molecule has 2 N–H and O–H groups in total. The number of urea groups is 1. The molecule has 0 unspecified atom stereocenters. The first-order valence-corrected chi connectivity index (χ1v) is 5.42.